The Morgan fingerprint density at radius 2 is 2.07 bits per heavy atom. The summed E-state index contributed by atoms with van der Waals surface area (Å²) >= 11 is 0. The van der Waals surface area contributed by atoms with Crippen LogP contribution in [0.4, 0.5) is 0 Å². The first kappa shape index (κ1) is 12.0. The van der Waals surface area contributed by atoms with E-state index in [2.05, 4.69) is 30.7 Å². The molecule has 84 valence electrons. The largest absolute Gasteiger partial charge is 0.392 e. The van der Waals surface area contributed by atoms with Crippen molar-refractivity contribution in [1.29, 1.82) is 0 Å². The number of rotatable bonds is 4. The normalized spacial score (nSPS) is 26.4. The summed E-state index contributed by atoms with van der Waals surface area (Å²) in [6.45, 7) is 9.49. The molecule has 1 N–H and O–H groups in total. The van der Waals surface area contributed by atoms with Crippen LogP contribution in [0.25, 0.3) is 0 Å². The molecule has 3 nitrogen and oxygen atoms in total. The molecule has 1 aliphatic rings. The van der Waals surface area contributed by atoms with E-state index in [4.69, 9.17) is 0 Å². The van der Waals surface area contributed by atoms with Gasteiger partial charge in [0, 0.05) is 31.7 Å². The van der Waals surface area contributed by atoms with Gasteiger partial charge in [-0.15, -0.1) is 0 Å². The highest BCUT2D eigenvalue weighted by molar-refractivity contribution is 4.83. The molecule has 1 heterocycles. The number of aliphatic hydroxyl groups is 1. The Morgan fingerprint density at radius 3 is 2.50 bits per heavy atom. The summed E-state index contributed by atoms with van der Waals surface area (Å²) in [4.78, 5) is 4.79. The lowest BCUT2D eigenvalue weighted by Crippen LogP contribution is -2.39. The molecule has 1 fully saturated rings. The molecule has 0 aromatic carbocycles. The molecular formula is C11H24N2O. The van der Waals surface area contributed by atoms with Crippen LogP contribution in [0.1, 0.15) is 27.2 Å². The van der Waals surface area contributed by atoms with Crippen LogP contribution in [0.5, 0.6) is 0 Å². The highest BCUT2D eigenvalue weighted by Crippen LogP contribution is 2.16. The molecule has 0 aromatic heterocycles. The van der Waals surface area contributed by atoms with Crippen molar-refractivity contribution in [2.75, 3.05) is 26.7 Å². The minimum Gasteiger partial charge on any atom is -0.392 e. The van der Waals surface area contributed by atoms with E-state index in [-0.39, 0.29) is 6.10 Å². The van der Waals surface area contributed by atoms with Crippen molar-refractivity contribution in [2.24, 2.45) is 0 Å². The van der Waals surface area contributed by atoms with Gasteiger partial charge in [-0.25, -0.2) is 0 Å². The van der Waals surface area contributed by atoms with Gasteiger partial charge in [-0.2, -0.15) is 0 Å². The first-order valence-corrected chi connectivity index (χ1v) is 5.63. The van der Waals surface area contributed by atoms with Crippen LogP contribution < -0.4 is 0 Å². The van der Waals surface area contributed by atoms with Crippen LogP contribution in [0.15, 0.2) is 0 Å². The first-order chi connectivity index (χ1) is 6.50. The zero-order chi connectivity index (χ0) is 10.7. The molecule has 0 radical (unpaired) electrons. The topological polar surface area (TPSA) is 26.7 Å². The zero-order valence-corrected chi connectivity index (χ0v) is 9.90. The standard InChI is InChI=1S/C11H24N2O/c1-9(2)13-6-5-11(8-13)12(4)7-10(3)14/h9-11,14H,5-8H2,1-4H3. The van der Waals surface area contributed by atoms with Crippen molar-refractivity contribution >= 4 is 0 Å². The third-order valence-electron chi connectivity index (χ3n) is 3.10. The van der Waals surface area contributed by atoms with Gasteiger partial charge >= 0.3 is 0 Å². The fourth-order valence-electron chi connectivity index (χ4n) is 2.16. The lowest BCUT2D eigenvalue weighted by atomic mass is 10.2. The first-order valence-electron chi connectivity index (χ1n) is 5.63. The Kier molecular flexibility index (Phi) is 4.35. The molecule has 0 aromatic rings. The number of aliphatic hydroxyl groups excluding tert-OH is 1. The molecule has 1 aliphatic heterocycles. The average molecular weight is 200 g/mol. The number of likely N-dealkylation sites (tertiary alicyclic amines) is 1. The third-order valence-corrected chi connectivity index (χ3v) is 3.10. The SMILES string of the molecule is CC(O)CN(C)C1CCN(C(C)C)C1. The molecule has 1 rings (SSSR count). The average Bonchev–Trinajstić information content (AvgIpc) is 2.50. The van der Waals surface area contributed by atoms with Gasteiger partial charge in [0.25, 0.3) is 0 Å². The van der Waals surface area contributed by atoms with Crippen LogP contribution in [0, 0.1) is 0 Å². The summed E-state index contributed by atoms with van der Waals surface area (Å²) in [5.41, 5.74) is 0. The zero-order valence-electron chi connectivity index (χ0n) is 9.90. The molecule has 0 bridgehead atoms. The fraction of sp³-hybridized carbons (Fsp3) is 1.00. The molecule has 3 heteroatoms. The van der Waals surface area contributed by atoms with E-state index in [1.54, 1.807) is 0 Å². The predicted molar refractivity (Wildman–Crippen MR) is 59.4 cm³/mol. The van der Waals surface area contributed by atoms with Crippen molar-refractivity contribution in [3.8, 4) is 0 Å². The van der Waals surface area contributed by atoms with E-state index >= 15 is 0 Å². The van der Waals surface area contributed by atoms with Gasteiger partial charge in [0.2, 0.25) is 0 Å². The van der Waals surface area contributed by atoms with Gasteiger partial charge in [-0.05, 0) is 34.2 Å². The molecule has 0 amide bonds. The van der Waals surface area contributed by atoms with Gasteiger partial charge in [-0.1, -0.05) is 0 Å². The minimum absolute atomic E-state index is 0.215. The molecule has 0 saturated carbocycles. The Labute approximate surface area is 87.7 Å². The molecule has 0 spiro atoms. The van der Waals surface area contributed by atoms with Gasteiger partial charge in [0.1, 0.15) is 0 Å². The van der Waals surface area contributed by atoms with Crippen LogP contribution in [-0.2, 0) is 0 Å². The Balaban J connectivity index is 2.34. The Morgan fingerprint density at radius 1 is 1.43 bits per heavy atom. The van der Waals surface area contributed by atoms with Crippen molar-refractivity contribution in [2.45, 2.75) is 45.4 Å². The van der Waals surface area contributed by atoms with Crippen molar-refractivity contribution in [3.63, 3.8) is 0 Å². The summed E-state index contributed by atoms with van der Waals surface area (Å²) in [6, 6.07) is 1.28. The number of hydrogen-bond donors (Lipinski definition) is 1. The maximum Gasteiger partial charge on any atom is 0.0639 e. The molecule has 0 aliphatic carbocycles. The lowest BCUT2D eigenvalue weighted by Gasteiger charge is -2.26. The van der Waals surface area contributed by atoms with Crippen LogP contribution in [0.2, 0.25) is 0 Å². The van der Waals surface area contributed by atoms with E-state index in [1.165, 1.54) is 13.0 Å². The highest BCUT2D eigenvalue weighted by Gasteiger charge is 2.27. The summed E-state index contributed by atoms with van der Waals surface area (Å²) < 4.78 is 0. The second kappa shape index (κ2) is 5.10. The molecule has 1 saturated heterocycles. The summed E-state index contributed by atoms with van der Waals surface area (Å²) in [6.07, 6.45) is 1.02. The maximum absolute atomic E-state index is 9.30. The highest BCUT2D eigenvalue weighted by atomic mass is 16.3. The lowest BCUT2D eigenvalue weighted by molar-refractivity contribution is 0.116. The number of likely N-dealkylation sites (N-methyl/N-ethyl adjacent to an activating group) is 1. The third kappa shape index (κ3) is 3.23. The fourth-order valence-corrected chi connectivity index (χ4v) is 2.16. The summed E-state index contributed by atoms with van der Waals surface area (Å²) in [7, 11) is 2.11. The quantitative estimate of drug-likeness (QED) is 0.726. The van der Waals surface area contributed by atoms with E-state index in [1.807, 2.05) is 6.92 Å². The van der Waals surface area contributed by atoms with Crippen molar-refractivity contribution in [1.82, 2.24) is 9.80 Å². The van der Waals surface area contributed by atoms with Gasteiger partial charge in [0.05, 0.1) is 6.10 Å². The van der Waals surface area contributed by atoms with Crippen molar-refractivity contribution in [3.05, 3.63) is 0 Å². The smallest absolute Gasteiger partial charge is 0.0639 e. The maximum atomic E-state index is 9.30. The molecule has 2 unspecified atom stereocenters. The summed E-state index contributed by atoms with van der Waals surface area (Å²) in [5, 5.41) is 9.30. The van der Waals surface area contributed by atoms with E-state index in [0.29, 0.717) is 12.1 Å². The van der Waals surface area contributed by atoms with Crippen LogP contribution in [0.3, 0.4) is 0 Å². The second-order valence-electron chi connectivity index (χ2n) is 4.82. The van der Waals surface area contributed by atoms with E-state index < -0.39 is 0 Å². The Bertz CT molecular complexity index is 171. The Hall–Kier alpha value is -0.120. The minimum atomic E-state index is -0.215. The van der Waals surface area contributed by atoms with Crippen LogP contribution in [-0.4, -0.2) is 59.8 Å². The number of hydrogen-bond acceptors (Lipinski definition) is 3. The second-order valence-corrected chi connectivity index (χ2v) is 4.82. The van der Waals surface area contributed by atoms with Crippen LogP contribution >= 0.6 is 0 Å². The predicted octanol–water partition coefficient (Wildman–Crippen LogP) is 0.782. The number of nitrogens with zero attached hydrogens (tertiary/aromatic N) is 2. The molecule has 2 atom stereocenters. The monoisotopic (exact) mass is 200 g/mol. The van der Waals surface area contributed by atoms with Gasteiger partial charge < -0.3 is 5.11 Å². The van der Waals surface area contributed by atoms with Gasteiger partial charge in [-0.3, -0.25) is 9.80 Å². The van der Waals surface area contributed by atoms with E-state index in [0.717, 1.165) is 13.1 Å². The van der Waals surface area contributed by atoms with E-state index in [9.17, 15) is 5.11 Å². The molecule has 14 heavy (non-hydrogen) atoms. The summed E-state index contributed by atoms with van der Waals surface area (Å²) in [5.74, 6) is 0. The van der Waals surface area contributed by atoms with Crippen molar-refractivity contribution < 1.29 is 5.11 Å². The molecular weight excluding hydrogens is 176 g/mol. The van der Waals surface area contributed by atoms with Gasteiger partial charge in [0.15, 0.2) is 0 Å².